The number of hydrogen-bond donors (Lipinski definition) is 1. The molecule has 98 valence electrons. The van der Waals surface area contributed by atoms with Crippen LogP contribution in [0.3, 0.4) is 0 Å². The maximum atomic E-state index is 11.3. The summed E-state index contributed by atoms with van der Waals surface area (Å²) >= 11 is 0. The maximum Gasteiger partial charge on any atom is 0.347 e. The van der Waals surface area contributed by atoms with Crippen molar-refractivity contribution >= 4 is 17.8 Å². The molecule has 0 bridgehead atoms. The average Bonchev–Trinajstić information content (AvgIpc) is 2.23. The molecule has 6 nitrogen and oxygen atoms in total. The Kier molecular flexibility index (Phi) is 6.93. The Morgan fingerprint density at radius 3 is 2.24 bits per heavy atom. The zero-order valence-corrected chi connectivity index (χ0v) is 10.6. The van der Waals surface area contributed by atoms with Crippen LogP contribution < -0.4 is 5.32 Å². The minimum absolute atomic E-state index is 0.188. The van der Waals surface area contributed by atoms with E-state index in [0.29, 0.717) is 6.42 Å². The van der Waals surface area contributed by atoms with Crippen LogP contribution in [0.1, 0.15) is 27.2 Å². The fourth-order valence-corrected chi connectivity index (χ4v) is 1.15. The first-order chi connectivity index (χ1) is 7.86. The Bertz CT molecular complexity index is 288. The van der Waals surface area contributed by atoms with Crippen LogP contribution in [0.4, 0.5) is 0 Å². The highest BCUT2D eigenvalue weighted by Crippen LogP contribution is 2.10. The summed E-state index contributed by atoms with van der Waals surface area (Å²) < 4.78 is 9.47. The normalized spacial score (nSPS) is 11.8. The van der Waals surface area contributed by atoms with E-state index < -0.39 is 18.0 Å². The highest BCUT2D eigenvalue weighted by Gasteiger charge is 2.24. The molecule has 1 N–H and O–H groups in total. The van der Waals surface area contributed by atoms with Crippen LogP contribution in [0.5, 0.6) is 0 Å². The van der Waals surface area contributed by atoms with Gasteiger partial charge in [-0.1, -0.05) is 13.8 Å². The Morgan fingerprint density at radius 2 is 1.82 bits per heavy atom. The first kappa shape index (κ1) is 15.4. The van der Waals surface area contributed by atoms with Gasteiger partial charge in [0.15, 0.2) is 6.10 Å². The van der Waals surface area contributed by atoms with E-state index in [2.05, 4.69) is 10.1 Å². The number of carbonyl (C=O) groups is 3. The highest BCUT2D eigenvalue weighted by atomic mass is 16.6. The molecule has 0 saturated heterocycles. The fraction of sp³-hybridized carbons (Fsp3) is 0.727. The molecule has 17 heavy (non-hydrogen) atoms. The molecular formula is C11H19NO5. The summed E-state index contributed by atoms with van der Waals surface area (Å²) in [5.74, 6) is -1.39. The molecule has 0 unspecified atom stereocenters. The molecule has 6 heteroatoms. The lowest BCUT2D eigenvalue weighted by Crippen LogP contribution is -2.35. The van der Waals surface area contributed by atoms with E-state index in [0.717, 1.165) is 0 Å². The second kappa shape index (κ2) is 7.65. The molecule has 0 radical (unpaired) electrons. The van der Waals surface area contributed by atoms with Gasteiger partial charge in [0, 0.05) is 6.92 Å². The predicted octanol–water partition coefficient (Wildman–Crippen LogP) is 0.253. The van der Waals surface area contributed by atoms with Crippen molar-refractivity contribution in [3.05, 3.63) is 0 Å². The molecule has 0 saturated carbocycles. The van der Waals surface area contributed by atoms with Crippen LogP contribution in [0, 0.1) is 5.92 Å². The van der Waals surface area contributed by atoms with Crippen LogP contribution >= 0.6 is 0 Å². The van der Waals surface area contributed by atoms with Crippen molar-refractivity contribution in [1.82, 2.24) is 5.32 Å². The van der Waals surface area contributed by atoms with Crippen LogP contribution in [-0.2, 0) is 23.9 Å². The van der Waals surface area contributed by atoms with E-state index in [1.807, 2.05) is 13.8 Å². The second-order valence-corrected chi connectivity index (χ2v) is 4.04. The van der Waals surface area contributed by atoms with Crippen LogP contribution in [0.15, 0.2) is 0 Å². The maximum absolute atomic E-state index is 11.3. The lowest BCUT2D eigenvalue weighted by atomic mass is 10.1. The number of rotatable bonds is 6. The summed E-state index contributed by atoms with van der Waals surface area (Å²) in [5, 5.41) is 2.30. The fourth-order valence-electron chi connectivity index (χ4n) is 1.15. The topological polar surface area (TPSA) is 81.7 Å². The van der Waals surface area contributed by atoms with Gasteiger partial charge in [-0.25, -0.2) is 4.79 Å². The number of amides is 1. The molecule has 0 aromatic rings. The molecule has 0 rings (SSSR count). The standard InChI is InChI=1S/C11H19NO5/c1-7(2)5-9(11(15)16-4)17-10(14)6-12-8(3)13/h7,9H,5-6H2,1-4H3,(H,12,13)/t9-/m0/s1. The smallest absolute Gasteiger partial charge is 0.347 e. The van der Waals surface area contributed by atoms with Gasteiger partial charge in [-0.15, -0.1) is 0 Å². The van der Waals surface area contributed by atoms with Crippen molar-refractivity contribution in [2.45, 2.75) is 33.3 Å². The molecule has 0 heterocycles. The van der Waals surface area contributed by atoms with Crippen molar-refractivity contribution in [1.29, 1.82) is 0 Å². The predicted molar refractivity (Wildman–Crippen MR) is 60.0 cm³/mol. The SMILES string of the molecule is COC(=O)[C@H](CC(C)C)OC(=O)CNC(C)=O. The molecule has 0 fully saturated rings. The lowest BCUT2D eigenvalue weighted by molar-refractivity contribution is -0.166. The molecule has 1 amide bonds. The lowest BCUT2D eigenvalue weighted by Gasteiger charge is -2.17. The number of methoxy groups -OCH3 is 1. The van der Waals surface area contributed by atoms with Crippen molar-refractivity contribution in [2.75, 3.05) is 13.7 Å². The van der Waals surface area contributed by atoms with E-state index in [-0.39, 0.29) is 18.4 Å². The second-order valence-electron chi connectivity index (χ2n) is 4.04. The number of carbonyl (C=O) groups excluding carboxylic acids is 3. The summed E-state index contributed by atoms with van der Waals surface area (Å²) in [5.41, 5.74) is 0. The summed E-state index contributed by atoms with van der Waals surface area (Å²) in [6, 6.07) is 0. The van der Waals surface area contributed by atoms with Crippen LogP contribution in [0.25, 0.3) is 0 Å². The minimum Gasteiger partial charge on any atom is -0.466 e. The summed E-state index contributed by atoms with van der Waals surface area (Å²) in [7, 11) is 1.23. The molecule has 0 aromatic heterocycles. The van der Waals surface area contributed by atoms with Gasteiger partial charge in [0.1, 0.15) is 6.54 Å². The number of hydrogen-bond acceptors (Lipinski definition) is 5. The van der Waals surface area contributed by atoms with Crippen molar-refractivity contribution in [3.8, 4) is 0 Å². The monoisotopic (exact) mass is 245 g/mol. The Labute approximate surface area is 101 Å². The molecule has 0 aliphatic rings. The van der Waals surface area contributed by atoms with E-state index >= 15 is 0 Å². The third-order valence-electron chi connectivity index (χ3n) is 1.90. The van der Waals surface area contributed by atoms with E-state index in [9.17, 15) is 14.4 Å². The largest absolute Gasteiger partial charge is 0.466 e. The van der Waals surface area contributed by atoms with Gasteiger partial charge < -0.3 is 14.8 Å². The molecular weight excluding hydrogens is 226 g/mol. The number of esters is 2. The molecule has 1 atom stereocenters. The van der Waals surface area contributed by atoms with Crippen molar-refractivity contribution < 1.29 is 23.9 Å². The average molecular weight is 245 g/mol. The van der Waals surface area contributed by atoms with Gasteiger partial charge in [-0.05, 0) is 12.3 Å². The minimum atomic E-state index is -0.916. The van der Waals surface area contributed by atoms with E-state index in [1.54, 1.807) is 0 Å². The van der Waals surface area contributed by atoms with Crippen LogP contribution in [-0.4, -0.2) is 37.6 Å². The van der Waals surface area contributed by atoms with Crippen molar-refractivity contribution in [3.63, 3.8) is 0 Å². The van der Waals surface area contributed by atoms with Crippen molar-refractivity contribution in [2.24, 2.45) is 5.92 Å². The van der Waals surface area contributed by atoms with Gasteiger partial charge in [0.2, 0.25) is 5.91 Å². The Balaban J connectivity index is 4.27. The molecule has 0 spiro atoms. The first-order valence-corrected chi connectivity index (χ1v) is 5.38. The highest BCUT2D eigenvalue weighted by molar-refractivity contribution is 5.83. The summed E-state index contributed by atoms with van der Waals surface area (Å²) in [6.45, 7) is 4.84. The third-order valence-corrected chi connectivity index (χ3v) is 1.90. The summed E-state index contributed by atoms with van der Waals surface area (Å²) in [6.07, 6.45) is -0.528. The zero-order chi connectivity index (χ0) is 13.4. The third kappa shape index (κ3) is 7.32. The van der Waals surface area contributed by atoms with E-state index in [1.165, 1.54) is 14.0 Å². The van der Waals surface area contributed by atoms with E-state index in [4.69, 9.17) is 4.74 Å². The number of ether oxygens (including phenoxy) is 2. The van der Waals surface area contributed by atoms with Gasteiger partial charge in [-0.2, -0.15) is 0 Å². The Morgan fingerprint density at radius 1 is 1.24 bits per heavy atom. The molecule has 0 aromatic carbocycles. The number of nitrogens with one attached hydrogen (secondary N) is 1. The van der Waals surface area contributed by atoms with Gasteiger partial charge >= 0.3 is 11.9 Å². The molecule has 0 aliphatic heterocycles. The molecule has 0 aliphatic carbocycles. The quantitative estimate of drug-likeness (QED) is 0.678. The van der Waals surface area contributed by atoms with Gasteiger partial charge in [-0.3, -0.25) is 9.59 Å². The Hall–Kier alpha value is -1.59. The van der Waals surface area contributed by atoms with Gasteiger partial charge in [0.25, 0.3) is 0 Å². The first-order valence-electron chi connectivity index (χ1n) is 5.38. The summed E-state index contributed by atoms with van der Waals surface area (Å²) in [4.78, 5) is 33.2. The zero-order valence-electron chi connectivity index (χ0n) is 10.6. The van der Waals surface area contributed by atoms with Crippen LogP contribution in [0.2, 0.25) is 0 Å². The van der Waals surface area contributed by atoms with Gasteiger partial charge in [0.05, 0.1) is 7.11 Å².